The number of halogens is 6. The van der Waals surface area contributed by atoms with Gasteiger partial charge in [0.15, 0.2) is 0 Å². The maximum Gasteiger partial charge on any atom is 0.416 e. The molecule has 0 aliphatic carbocycles. The normalized spacial score (nSPS) is 11.5. The summed E-state index contributed by atoms with van der Waals surface area (Å²) >= 11 is 6.38. The third-order valence-corrected chi connectivity index (χ3v) is 3.93. The highest BCUT2D eigenvalue weighted by Gasteiger charge is 2.31. The highest BCUT2D eigenvalue weighted by Crippen LogP contribution is 2.34. The Labute approximate surface area is 140 Å². The van der Waals surface area contributed by atoms with E-state index in [1.54, 1.807) is 12.1 Å². The molecule has 2 aromatic rings. The summed E-state index contributed by atoms with van der Waals surface area (Å²) < 4.78 is 52.6. The molecule has 0 bridgehead atoms. The summed E-state index contributed by atoms with van der Waals surface area (Å²) in [5, 5.41) is 12.4. The molecule has 0 aromatic heterocycles. The van der Waals surface area contributed by atoms with Crippen molar-refractivity contribution < 1.29 is 22.7 Å². The van der Waals surface area contributed by atoms with Gasteiger partial charge in [0.05, 0.1) is 15.7 Å². The van der Waals surface area contributed by atoms with Crippen LogP contribution in [-0.2, 0) is 12.7 Å². The zero-order valence-electron chi connectivity index (χ0n) is 10.8. The van der Waals surface area contributed by atoms with Crippen molar-refractivity contribution >= 4 is 37.5 Å². The van der Waals surface area contributed by atoms with E-state index in [-0.39, 0.29) is 18.0 Å². The molecule has 8 heteroatoms. The van der Waals surface area contributed by atoms with Crippen LogP contribution in [0.5, 0.6) is 5.75 Å². The van der Waals surface area contributed by atoms with Gasteiger partial charge in [-0.2, -0.15) is 13.2 Å². The van der Waals surface area contributed by atoms with Crippen molar-refractivity contribution in [1.29, 1.82) is 0 Å². The molecule has 118 valence electrons. The van der Waals surface area contributed by atoms with E-state index < -0.39 is 17.6 Å². The third kappa shape index (κ3) is 3.92. The number of alkyl halides is 3. The molecule has 0 atom stereocenters. The molecule has 0 unspecified atom stereocenters. The molecule has 22 heavy (non-hydrogen) atoms. The van der Waals surface area contributed by atoms with Crippen molar-refractivity contribution in [2.24, 2.45) is 0 Å². The van der Waals surface area contributed by atoms with Gasteiger partial charge in [0.2, 0.25) is 0 Å². The number of hydrogen-bond acceptors (Lipinski definition) is 2. The Balaban J connectivity index is 2.25. The topological polar surface area (TPSA) is 32.3 Å². The lowest BCUT2D eigenvalue weighted by atomic mass is 10.1. The molecule has 0 spiro atoms. The fraction of sp³-hybridized carbons (Fsp3) is 0.143. The van der Waals surface area contributed by atoms with E-state index >= 15 is 0 Å². The van der Waals surface area contributed by atoms with Crippen molar-refractivity contribution in [3.8, 4) is 5.75 Å². The minimum Gasteiger partial charge on any atom is -0.506 e. The fourth-order valence-electron chi connectivity index (χ4n) is 1.78. The number of anilines is 1. The number of nitrogens with one attached hydrogen (secondary N) is 1. The van der Waals surface area contributed by atoms with Gasteiger partial charge in [0, 0.05) is 16.6 Å². The number of hydrogen-bond donors (Lipinski definition) is 2. The summed E-state index contributed by atoms with van der Waals surface area (Å²) in [4.78, 5) is 0. The number of phenolic OH excluding ortho intramolecular Hbond substituents is 1. The van der Waals surface area contributed by atoms with Crippen LogP contribution >= 0.6 is 31.9 Å². The number of phenols is 1. The molecule has 0 aliphatic heterocycles. The van der Waals surface area contributed by atoms with Crippen molar-refractivity contribution in [3.05, 3.63) is 56.2 Å². The highest BCUT2D eigenvalue weighted by molar-refractivity contribution is 9.11. The minimum atomic E-state index is -4.55. The Hall–Kier alpha value is -1.28. The molecular weight excluding hydrogens is 434 g/mol. The van der Waals surface area contributed by atoms with E-state index in [1.807, 2.05) is 0 Å². The predicted octanol–water partition coefficient (Wildman–Crippen LogP) is 5.69. The quantitative estimate of drug-likeness (QED) is 0.598. The van der Waals surface area contributed by atoms with E-state index in [0.29, 0.717) is 26.6 Å². The molecule has 0 aliphatic rings. The Morgan fingerprint density at radius 3 is 2.41 bits per heavy atom. The zero-order chi connectivity index (χ0) is 16.5. The van der Waals surface area contributed by atoms with Crippen LogP contribution in [0.1, 0.15) is 11.1 Å². The minimum absolute atomic E-state index is 0.0396. The molecule has 0 saturated carbocycles. The molecule has 0 radical (unpaired) electrons. The van der Waals surface area contributed by atoms with Gasteiger partial charge in [0.25, 0.3) is 0 Å². The monoisotopic (exact) mass is 441 g/mol. The Morgan fingerprint density at radius 1 is 1.09 bits per heavy atom. The first-order valence-electron chi connectivity index (χ1n) is 5.96. The third-order valence-electron chi connectivity index (χ3n) is 2.87. The molecule has 2 aromatic carbocycles. The van der Waals surface area contributed by atoms with Crippen LogP contribution in [0.25, 0.3) is 0 Å². The van der Waals surface area contributed by atoms with Crippen molar-refractivity contribution in [3.63, 3.8) is 0 Å². The first kappa shape index (κ1) is 17.1. The van der Waals surface area contributed by atoms with Gasteiger partial charge in [-0.1, -0.05) is 15.9 Å². The predicted molar refractivity (Wildman–Crippen MR) is 82.2 cm³/mol. The van der Waals surface area contributed by atoms with Crippen LogP contribution in [0, 0.1) is 5.82 Å². The molecular formula is C14H9Br2F4NO. The van der Waals surface area contributed by atoms with Gasteiger partial charge in [-0.05, 0) is 46.3 Å². The van der Waals surface area contributed by atoms with E-state index in [0.717, 1.165) is 6.07 Å². The average Bonchev–Trinajstić information content (AvgIpc) is 2.41. The first-order valence-corrected chi connectivity index (χ1v) is 7.54. The second-order valence-corrected chi connectivity index (χ2v) is 6.21. The zero-order valence-corrected chi connectivity index (χ0v) is 14.0. The maximum absolute atomic E-state index is 13.6. The van der Waals surface area contributed by atoms with E-state index in [1.165, 1.54) is 0 Å². The van der Waals surface area contributed by atoms with Crippen LogP contribution in [0.15, 0.2) is 39.3 Å². The highest BCUT2D eigenvalue weighted by atomic mass is 79.9. The van der Waals surface area contributed by atoms with Crippen molar-refractivity contribution in [2.75, 3.05) is 5.32 Å². The molecule has 0 amide bonds. The van der Waals surface area contributed by atoms with Gasteiger partial charge in [0.1, 0.15) is 11.6 Å². The molecule has 0 saturated heterocycles. The lowest BCUT2D eigenvalue weighted by Gasteiger charge is -2.13. The van der Waals surface area contributed by atoms with E-state index in [2.05, 4.69) is 37.2 Å². The maximum atomic E-state index is 13.6. The summed E-state index contributed by atoms with van der Waals surface area (Å²) in [6.45, 7) is -0.0396. The van der Waals surface area contributed by atoms with Gasteiger partial charge >= 0.3 is 6.18 Å². The van der Waals surface area contributed by atoms with Gasteiger partial charge in [-0.25, -0.2) is 4.39 Å². The van der Waals surface area contributed by atoms with Crippen molar-refractivity contribution in [2.45, 2.75) is 12.7 Å². The van der Waals surface area contributed by atoms with Crippen LogP contribution < -0.4 is 5.32 Å². The number of aromatic hydroxyl groups is 1. The van der Waals surface area contributed by atoms with Gasteiger partial charge < -0.3 is 10.4 Å². The second-order valence-electron chi connectivity index (χ2n) is 4.44. The van der Waals surface area contributed by atoms with Crippen LogP contribution in [0.3, 0.4) is 0 Å². The van der Waals surface area contributed by atoms with Gasteiger partial charge in [-0.15, -0.1) is 0 Å². The lowest BCUT2D eigenvalue weighted by Crippen LogP contribution is -2.08. The summed E-state index contributed by atoms with van der Waals surface area (Å²) in [5.41, 5.74) is -0.834. The van der Waals surface area contributed by atoms with Crippen LogP contribution in [0.4, 0.5) is 23.2 Å². The number of rotatable bonds is 3. The molecule has 2 nitrogen and oxygen atoms in total. The largest absolute Gasteiger partial charge is 0.506 e. The molecule has 2 rings (SSSR count). The Bertz CT molecular complexity index is 704. The van der Waals surface area contributed by atoms with Gasteiger partial charge in [-0.3, -0.25) is 0 Å². The van der Waals surface area contributed by atoms with Crippen LogP contribution in [0.2, 0.25) is 0 Å². The van der Waals surface area contributed by atoms with E-state index in [9.17, 15) is 22.7 Å². The smallest absolute Gasteiger partial charge is 0.416 e. The van der Waals surface area contributed by atoms with Crippen LogP contribution in [-0.4, -0.2) is 5.11 Å². The Kier molecular flexibility index (Phi) is 5.01. The molecule has 2 N–H and O–H groups in total. The van der Waals surface area contributed by atoms with Crippen molar-refractivity contribution in [1.82, 2.24) is 0 Å². The Morgan fingerprint density at radius 2 is 1.77 bits per heavy atom. The lowest BCUT2D eigenvalue weighted by molar-refractivity contribution is -0.137. The molecule has 0 fully saturated rings. The first-order chi connectivity index (χ1) is 10.2. The summed E-state index contributed by atoms with van der Waals surface area (Å²) in [5.74, 6) is -0.871. The summed E-state index contributed by atoms with van der Waals surface area (Å²) in [6, 6.07) is 5.32. The molecule has 0 heterocycles. The standard InChI is InChI=1S/C14H9Br2F4NO/c15-9-3-7(13(22)10(16)5-9)6-21-12-4-8(14(18,19)20)1-2-11(12)17/h1-5,21-22H,6H2. The summed E-state index contributed by atoms with van der Waals surface area (Å²) in [7, 11) is 0. The SMILES string of the molecule is Oc1c(Br)cc(Br)cc1CNc1cc(C(F)(F)F)ccc1F. The fourth-order valence-corrected chi connectivity index (χ4v) is 3.10. The van der Waals surface area contributed by atoms with E-state index in [4.69, 9.17) is 0 Å². The summed E-state index contributed by atoms with van der Waals surface area (Å²) in [6.07, 6.45) is -4.55. The number of benzene rings is 2. The average molecular weight is 443 g/mol. The second kappa shape index (κ2) is 6.45.